The molecule has 0 aliphatic heterocycles. The number of rotatable bonds is 6. The highest BCUT2D eigenvalue weighted by Crippen LogP contribution is 2.28. The number of hydrazone groups is 1. The van der Waals surface area contributed by atoms with Crippen LogP contribution in [0.25, 0.3) is 11.1 Å². The summed E-state index contributed by atoms with van der Waals surface area (Å²) in [4.78, 5) is 12.1. The monoisotopic (exact) mass is 412 g/mol. The summed E-state index contributed by atoms with van der Waals surface area (Å²) in [6.45, 7) is 1.62. The smallest absolute Gasteiger partial charge is 0.280 e. The van der Waals surface area contributed by atoms with E-state index in [4.69, 9.17) is 27.9 Å². The summed E-state index contributed by atoms with van der Waals surface area (Å²) in [6, 6.07) is 22.8. The molecule has 6 heteroatoms. The maximum atomic E-state index is 12.1. The van der Waals surface area contributed by atoms with E-state index >= 15 is 0 Å². The number of hydrogen-bond donors (Lipinski definition) is 1. The van der Waals surface area contributed by atoms with Crippen molar-refractivity contribution in [1.82, 2.24) is 5.43 Å². The molecule has 0 spiro atoms. The molecule has 0 bridgehead atoms. The fourth-order valence-electron chi connectivity index (χ4n) is 2.47. The molecule has 142 valence electrons. The van der Waals surface area contributed by atoms with Crippen molar-refractivity contribution in [3.63, 3.8) is 0 Å². The van der Waals surface area contributed by atoms with Crippen LogP contribution in [-0.4, -0.2) is 18.2 Å². The van der Waals surface area contributed by atoms with Crippen molar-refractivity contribution in [2.45, 2.75) is 13.0 Å². The van der Waals surface area contributed by atoms with Gasteiger partial charge in [0.25, 0.3) is 5.91 Å². The minimum Gasteiger partial charge on any atom is -0.479 e. The fourth-order valence-corrected chi connectivity index (χ4v) is 2.92. The van der Waals surface area contributed by atoms with Crippen molar-refractivity contribution >= 4 is 35.3 Å². The second-order valence-electron chi connectivity index (χ2n) is 6.06. The summed E-state index contributed by atoms with van der Waals surface area (Å²) in [5.41, 5.74) is 5.59. The largest absolute Gasteiger partial charge is 0.479 e. The Morgan fingerprint density at radius 1 is 1.00 bits per heavy atom. The molecule has 0 aliphatic rings. The molecule has 0 radical (unpaired) electrons. The summed E-state index contributed by atoms with van der Waals surface area (Å²) in [6.07, 6.45) is 0.811. The first-order valence-corrected chi connectivity index (χ1v) is 9.38. The molecule has 0 saturated carbocycles. The predicted octanol–water partition coefficient (Wildman–Crippen LogP) is 5.58. The first kappa shape index (κ1) is 19.9. The van der Waals surface area contributed by atoms with E-state index < -0.39 is 6.10 Å². The molecule has 1 unspecified atom stereocenters. The van der Waals surface area contributed by atoms with Gasteiger partial charge >= 0.3 is 0 Å². The highest BCUT2D eigenvalue weighted by Gasteiger charge is 2.15. The Morgan fingerprint density at radius 2 is 1.68 bits per heavy atom. The highest BCUT2D eigenvalue weighted by molar-refractivity contribution is 6.35. The number of carbonyl (C=O) groups excluding carboxylic acids is 1. The van der Waals surface area contributed by atoms with Gasteiger partial charge in [0.05, 0.1) is 11.2 Å². The minimum atomic E-state index is -0.767. The molecule has 28 heavy (non-hydrogen) atoms. The Hall–Kier alpha value is -2.82. The van der Waals surface area contributed by atoms with E-state index in [9.17, 15) is 4.79 Å². The van der Waals surface area contributed by atoms with Crippen LogP contribution in [0.3, 0.4) is 0 Å². The Labute approximate surface area is 173 Å². The molecule has 3 aromatic rings. The number of benzene rings is 3. The minimum absolute atomic E-state index is 0.342. The van der Waals surface area contributed by atoms with E-state index in [1.54, 1.807) is 31.3 Å². The van der Waals surface area contributed by atoms with Gasteiger partial charge in [0.15, 0.2) is 6.10 Å². The number of nitrogens with zero attached hydrogens (tertiary/aromatic N) is 1. The van der Waals surface area contributed by atoms with Gasteiger partial charge < -0.3 is 4.74 Å². The lowest BCUT2D eigenvalue weighted by atomic mass is 10.0. The molecule has 0 fully saturated rings. The van der Waals surface area contributed by atoms with Crippen LogP contribution >= 0.6 is 23.2 Å². The summed E-state index contributed by atoms with van der Waals surface area (Å²) in [5, 5.41) is 4.82. The standard InChI is InChI=1S/C22H18Cl2N2O2/c1-15(28-21-12-11-19(23)13-20(21)24)22(27)26-25-14-16-7-9-18(10-8-16)17-5-3-2-4-6-17/h2-15H,1H3,(H,26,27). The Bertz CT molecular complexity index is 974. The third-order valence-corrected chi connectivity index (χ3v) is 4.50. The Morgan fingerprint density at radius 3 is 2.36 bits per heavy atom. The van der Waals surface area contributed by atoms with E-state index in [1.807, 2.05) is 42.5 Å². The summed E-state index contributed by atoms with van der Waals surface area (Å²) in [7, 11) is 0. The first-order chi connectivity index (χ1) is 13.5. The average molecular weight is 413 g/mol. The van der Waals surface area contributed by atoms with Gasteiger partial charge in [0, 0.05) is 5.02 Å². The van der Waals surface area contributed by atoms with Gasteiger partial charge in [-0.2, -0.15) is 5.10 Å². The highest BCUT2D eigenvalue weighted by atomic mass is 35.5. The van der Waals surface area contributed by atoms with Crippen molar-refractivity contribution in [3.05, 3.63) is 88.4 Å². The molecule has 0 aliphatic carbocycles. The van der Waals surface area contributed by atoms with Gasteiger partial charge in [-0.3, -0.25) is 4.79 Å². The Balaban J connectivity index is 1.55. The quantitative estimate of drug-likeness (QED) is 0.424. The molecule has 1 amide bonds. The number of amides is 1. The van der Waals surface area contributed by atoms with Crippen LogP contribution in [0.5, 0.6) is 5.75 Å². The molecule has 1 atom stereocenters. The second-order valence-corrected chi connectivity index (χ2v) is 6.90. The Kier molecular flexibility index (Phi) is 6.69. The maximum Gasteiger partial charge on any atom is 0.280 e. The van der Waals surface area contributed by atoms with Crippen LogP contribution in [0.2, 0.25) is 10.0 Å². The zero-order valence-corrected chi connectivity index (χ0v) is 16.6. The average Bonchev–Trinajstić information content (AvgIpc) is 2.71. The number of hydrogen-bond acceptors (Lipinski definition) is 3. The van der Waals surface area contributed by atoms with Crippen LogP contribution in [-0.2, 0) is 4.79 Å². The molecule has 3 rings (SSSR count). The van der Waals surface area contributed by atoms with E-state index in [1.165, 1.54) is 0 Å². The zero-order valence-electron chi connectivity index (χ0n) is 15.1. The summed E-state index contributed by atoms with van der Waals surface area (Å²) >= 11 is 11.9. The van der Waals surface area contributed by atoms with Gasteiger partial charge in [-0.15, -0.1) is 0 Å². The van der Waals surface area contributed by atoms with Gasteiger partial charge in [-0.25, -0.2) is 5.43 Å². The van der Waals surface area contributed by atoms with E-state index in [2.05, 4.69) is 22.7 Å². The fraction of sp³-hybridized carbons (Fsp3) is 0.0909. The van der Waals surface area contributed by atoms with Gasteiger partial charge in [0.1, 0.15) is 5.75 Å². The van der Waals surface area contributed by atoms with Crippen molar-refractivity contribution in [2.24, 2.45) is 5.10 Å². The third kappa shape index (κ3) is 5.35. The maximum absolute atomic E-state index is 12.1. The van der Waals surface area contributed by atoms with Crippen LogP contribution in [0, 0.1) is 0 Å². The van der Waals surface area contributed by atoms with Crippen molar-refractivity contribution in [3.8, 4) is 16.9 Å². The molecule has 0 saturated heterocycles. The zero-order chi connectivity index (χ0) is 19.9. The van der Waals surface area contributed by atoms with Crippen LogP contribution in [0.4, 0.5) is 0 Å². The topological polar surface area (TPSA) is 50.7 Å². The normalized spacial score (nSPS) is 12.0. The van der Waals surface area contributed by atoms with Crippen LogP contribution in [0.15, 0.2) is 77.9 Å². The number of halogens is 2. The second kappa shape index (κ2) is 9.40. The van der Waals surface area contributed by atoms with Gasteiger partial charge in [-0.05, 0) is 41.8 Å². The molecule has 0 aromatic heterocycles. The molecule has 3 aromatic carbocycles. The van der Waals surface area contributed by atoms with Crippen molar-refractivity contribution < 1.29 is 9.53 Å². The van der Waals surface area contributed by atoms with Gasteiger partial charge in [0.2, 0.25) is 0 Å². The third-order valence-electron chi connectivity index (χ3n) is 3.97. The lowest BCUT2D eigenvalue weighted by Crippen LogP contribution is -2.33. The van der Waals surface area contributed by atoms with Crippen LogP contribution in [0.1, 0.15) is 12.5 Å². The SMILES string of the molecule is CC(Oc1ccc(Cl)cc1Cl)C(=O)NN=Cc1ccc(-c2ccccc2)cc1. The van der Waals surface area contributed by atoms with E-state index in [0.717, 1.165) is 16.7 Å². The van der Waals surface area contributed by atoms with Crippen LogP contribution < -0.4 is 10.2 Å². The lowest BCUT2D eigenvalue weighted by molar-refractivity contribution is -0.127. The molecule has 0 heterocycles. The molecule has 1 N–H and O–H groups in total. The lowest BCUT2D eigenvalue weighted by Gasteiger charge is -2.14. The molecular weight excluding hydrogens is 395 g/mol. The van der Waals surface area contributed by atoms with E-state index in [0.29, 0.717) is 15.8 Å². The molecular formula is C22H18Cl2N2O2. The predicted molar refractivity (Wildman–Crippen MR) is 114 cm³/mol. The number of nitrogens with one attached hydrogen (secondary N) is 1. The van der Waals surface area contributed by atoms with Crippen molar-refractivity contribution in [2.75, 3.05) is 0 Å². The summed E-state index contributed by atoms with van der Waals surface area (Å²) < 4.78 is 5.55. The molecule has 4 nitrogen and oxygen atoms in total. The number of carbonyl (C=O) groups is 1. The van der Waals surface area contributed by atoms with Gasteiger partial charge in [-0.1, -0.05) is 77.8 Å². The van der Waals surface area contributed by atoms with E-state index in [-0.39, 0.29) is 5.91 Å². The summed E-state index contributed by atoms with van der Waals surface area (Å²) in [5.74, 6) is -0.00244. The first-order valence-electron chi connectivity index (χ1n) is 8.63. The number of ether oxygens (including phenoxy) is 1. The van der Waals surface area contributed by atoms with Crippen molar-refractivity contribution in [1.29, 1.82) is 0 Å².